The van der Waals surface area contributed by atoms with Gasteiger partial charge in [-0.15, -0.1) is 0 Å². The smallest absolute Gasteiger partial charge is 0.331 e. The number of nitrogens with one attached hydrogen (secondary N) is 1. The molecule has 2 atom stereocenters. The van der Waals surface area contributed by atoms with Gasteiger partial charge in [-0.3, -0.25) is 9.59 Å². The van der Waals surface area contributed by atoms with Crippen LogP contribution in [-0.2, 0) is 14.3 Å². The third kappa shape index (κ3) is 4.45. The van der Waals surface area contributed by atoms with Gasteiger partial charge in [0.15, 0.2) is 6.04 Å². The third-order valence-corrected chi connectivity index (χ3v) is 2.73. The second-order valence-corrected chi connectivity index (χ2v) is 4.56. The van der Waals surface area contributed by atoms with Crippen molar-refractivity contribution in [2.75, 3.05) is 12.8 Å². The van der Waals surface area contributed by atoms with E-state index in [0.717, 1.165) is 7.11 Å². The molecule has 0 spiro atoms. The molecule has 0 bridgehead atoms. The number of anilines is 1. The molecule has 1 aromatic carbocycles. The number of carbonyl (C=O) groups excluding carboxylic acids is 3. The quantitative estimate of drug-likeness (QED) is 0.392. The van der Waals surface area contributed by atoms with Crippen LogP contribution in [0.25, 0.3) is 0 Å². The van der Waals surface area contributed by atoms with Gasteiger partial charge in [-0.25, -0.2) is 4.79 Å². The summed E-state index contributed by atoms with van der Waals surface area (Å²) in [5.74, 6) is -2.18. The molecule has 1 aromatic rings. The van der Waals surface area contributed by atoms with E-state index in [0.29, 0.717) is 5.69 Å². The zero-order valence-corrected chi connectivity index (χ0v) is 12.5. The van der Waals surface area contributed by atoms with Crippen molar-refractivity contribution in [3.05, 3.63) is 23.8 Å². The second-order valence-electron chi connectivity index (χ2n) is 4.56. The van der Waals surface area contributed by atoms with Crippen molar-refractivity contribution in [1.29, 1.82) is 0 Å². The summed E-state index contributed by atoms with van der Waals surface area (Å²) in [6.07, 6.45) is -1.16. The van der Waals surface area contributed by atoms with Crippen LogP contribution in [-0.4, -0.2) is 42.2 Å². The highest BCUT2D eigenvalue weighted by Crippen LogP contribution is 2.22. The Bertz CT molecular complexity index is 585. The first-order chi connectivity index (χ1) is 10.3. The standard InChI is InChI=1S/C14H18N2O6/c1-7(17)12(14(20)21-3)16-13(19)10-5-4-9(15)6-11(10)22-8(2)18/h4-7,12,17H,15H2,1-3H3,(H,16,19)/t7-,12+/m1/s1. The molecule has 4 N–H and O–H groups in total. The zero-order valence-electron chi connectivity index (χ0n) is 12.5. The summed E-state index contributed by atoms with van der Waals surface area (Å²) in [4.78, 5) is 34.8. The topological polar surface area (TPSA) is 128 Å². The van der Waals surface area contributed by atoms with Gasteiger partial charge < -0.3 is 25.6 Å². The number of nitrogens with two attached hydrogens (primary N) is 1. The molecule has 0 saturated carbocycles. The highest BCUT2D eigenvalue weighted by molar-refractivity contribution is 6.00. The Hall–Kier alpha value is -2.61. The fourth-order valence-corrected chi connectivity index (χ4v) is 1.69. The largest absolute Gasteiger partial charge is 0.467 e. The van der Waals surface area contributed by atoms with Crippen LogP contribution in [0.2, 0.25) is 0 Å². The van der Waals surface area contributed by atoms with Gasteiger partial charge in [-0.1, -0.05) is 0 Å². The van der Waals surface area contributed by atoms with Crippen molar-refractivity contribution in [3.8, 4) is 5.75 Å². The average Bonchev–Trinajstić information content (AvgIpc) is 2.42. The van der Waals surface area contributed by atoms with Crippen molar-refractivity contribution < 1.29 is 29.0 Å². The van der Waals surface area contributed by atoms with Gasteiger partial charge in [-0.05, 0) is 19.1 Å². The lowest BCUT2D eigenvalue weighted by Crippen LogP contribution is -2.48. The van der Waals surface area contributed by atoms with Crippen LogP contribution < -0.4 is 15.8 Å². The number of nitrogen functional groups attached to an aromatic ring is 1. The summed E-state index contributed by atoms with van der Waals surface area (Å²) in [6.45, 7) is 2.51. The molecule has 0 aromatic heterocycles. The highest BCUT2D eigenvalue weighted by atomic mass is 16.5. The minimum absolute atomic E-state index is 0.000969. The Balaban J connectivity index is 3.06. The molecule has 0 heterocycles. The Labute approximate surface area is 127 Å². The van der Waals surface area contributed by atoms with Crippen molar-refractivity contribution >= 4 is 23.5 Å². The van der Waals surface area contributed by atoms with Crippen molar-refractivity contribution in [1.82, 2.24) is 5.32 Å². The lowest BCUT2D eigenvalue weighted by molar-refractivity contribution is -0.145. The van der Waals surface area contributed by atoms with E-state index < -0.39 is 30.0 Å². The number of carbonyl (C=O) groups is 3. The first-order valence-electron chi connectivity index (χ1n) is 6.41. The number of aliphatic hydroxyl groups excluding tert-OH is 1. The van der Waals surface area contributed by atoms with Crippen molar-refractivity contribution in [3.63, 3.8) is 0 Å². The average molecular weight is 310 g/mol. The lowest BCUT2D eigenvalue weighted by atomic mass is 10.1. The number of hydrogen-bond donors (Lipinski definition) is 3. The Morgan fingerprint density at radius 1 is 1.32 bits per heavy atom. The van der Waals surface area contributed by atoms with E-state index in [1.807, 2.05) is 0 Å². The SMILES string of the molecule is COC(=O)[C@@H](NC(=O)c1ccc(N)cc1OC(C)=O)[C@@H](C)O. The maximum atomic E-state index is 12.2. The van der Waals surface area contributed by atoms with Gasteiger partial charge in [0, 0.05) is 18.7 Å². The Kier molecular flexibility index (Phi) is 5.88. The molecular formula is C14H18N2O6. The normalized spacial score (nSPS) is 12.9. The van der Waals surface area contributed by atoms with Gasteiger partial charge in [0.1, 0.15) is 5.75 Å². The number of esters is 2. The van der Waals surface area contributed by atoms with E-state index in [1.54, 1.807) is 0 Å². The number of methoxy groups -OCH3 is 1. The molecule has 0 aliphatic carbocycles. The van der Waals surface area contributed by atoms with E-state index in [1.165, 1.54) is 32.0 Å². The summed E-state index contributed by atoms with van der Waals surface area (Å²) < 4.78 is 9.42. The van der Waals surface area contributed by atoms with E-state index >= 15 is 0 Å². The van der Waals surface area contributed by atoms with Gasteiger partial charge in [0.05, 0.1) is 18.8 Å². The van der Waals surface area contributed by atoms with Crippen LogP contribution in [0, 0.1) is 0 Å². The fourth-order valence-electron chi connectivity index (χ4n) is 1.69. The van der Waals surface area contributed by atoms with Crippen LogP contribution in [0.15, 0.2) is 18.2 Å². The monoisotopic (exact) mass is 310 g/mol. The Morgan fingerprint density at radius 3 is 2.45 bits per heavy atom. The van der Waals surface area contributed by atoms with Crippen LogP contribution in [0.5, 0.6) is 5.75 Å². The summed E-state index contributed by atoms with van der Waals surface area (Å²) in [7, 11) is 1.14. The van der Waals surface area contributed by atoms with E-state index in [-0.39, 0.29) is 11.3 Å². The third-order valence-electron chi connectivity index (χ3n) is 2.73. The van der Waals surface area contributed by atoms with Gasteiger partial charge in [0.25, 0.3) is 5.91 Å². The molecule has 0 radical (unpaired) electrons. The number of rotatable bonds is 5. The van der Waals surface area contributed by atoms with E-state index in [4.69, 9.17) is 10.5 Å². The fraction of sp³-hybridized carbons (Fsp3) is 0.357. The minimum atomic E-state index is -1.25. The van der Waals surface area contributed by atoms with Gasteiger partial charge in [0.2, 0.25) is 0 Å². The van der Waals surface area contributed by atoms with E-state index in [9.17, 15) is 19.5 Å². The molecule has 0 saturated heterocycles. The lowest BCUT2D eigenvalue weighted by Gasteiger charge is -2.19. The first kappa shape index (κ1) is 17.4. The number of benzene rings is 1. The maximum absolute atomic E-state index is 12.2. The van der Waals surface area contributed by atoms with E-state index in [2.05, 4.69) is 10.1 Å². The molecule has 1 rings (SSSR count). The summed E-state index contributed by atoms with van der Waals surface area (Å²) in [6, 6.07) is 2.85. The second kappa shape index (κ2) is 7.41. The van der Waals surface area contributed by atoms with Crippen LogP contribution in [0.4, 0.5) is 5.69 Å². The molecule has 0 aliphatic heterocycles. The molecular weight excluding hydrogens is 292 g/mol. The van der Waals surface area contributed by atoms with Crippen molar-refractivity contribution in [2.24, 2.45) is 0 Å². The van der Waals surface area contributed by atoms with Crippen LogP contribution in [0.3, 0.4) is 0 Å². The minimum Gasteiger partial charge on any atom is -0.467 e. The zero-order chi connectivity index (χ0) is 16.9. The number of ether oxygens (including phenoxy) is 2. The number of hydrogen-bond acceptors (Lipinski definition) is 7. The molecule has 8 nitrogen and oxygen atoms in total. The molecule has 22 heavy (non-hydrogen) atoms. The Morgan fingerprint density at radius 2 is 1.95 bits per heavy atom. The first-order valence-corrected chi connectivity index (χ1v) is 6.41. The molecule has 0 fully saturated rings. The van der Waals surface area contributed by atoms with Gasteiger partial charge in [-0.2, -0.15) is 0 Å². The predicted molar refractivity (Wildman–Crippen MR) is 77.1 cm³/mol. The molecule has 120 valence electrons. The molecule has 1 amide bonds. The number of aliphatic hydroxyl groups is 1. The molecule has 0 aliphatic rings. The van der Waals surface area contributed by atoms with Crippen molar-refractivity contribution in [2.45, 2.75) is 26.0 Å². The maximum Gasteiger partial charge on any atom is 0.331 e. The number of amides is 1. The van der Waals surface area contributed by atoms with Gasteiger partial charge >= 0.3 is 11.9 Å². The highest BCUT2D eigenvalue weighted by Gasteiger charge is 2.28. The van der Waals surface area contributed by atoms with Crippen LogP contribution >= 0.6 is 0 Å². The summed E-state index contributed by atoms with van der Waals surface area (Å²) in [5.41, 5.74) is 5.88. The molecule has 0 unspecified atom stereocenters. The predicted octanol–water partition coefficient (Wildman–Crippen LogP) is -0.154. The summed E-state index contributed by atoms with van der Waals surface area (Å²) >= 11 is 0. The summed E-state index contributed by atoms with van der Waals surface area (Å²) in [5, 5.41) is 11.9. The molecule has 8 heteroatoms. The van der Waals surface area contributed by atoms with Crippen LogP contribution in [0.1, 0.15) is 24.2 Å².